The number of benzene rings is 11. The van der Waals surface area contributed by atoms with Gasteiger partial charge in [-0.05, 0) is 41.5 Å². The van der Waals surface area contributed by atoms with Gasteiger partial charge in [0.25, 0.3) is 0 Å². The second kappa shape index (κ2) is 15.5. The highest BCUT2D eigenvalue weighted by Crippen LogP contribution is 2.56. The molecule has 0 radical (unpaired) electrons. The third kappa shape index (κ3) is 5.44. The maximum absolute atomic E-state index is 12.5. The molecule has 8 heteroatoms. The predicted octanol–water partition coefficient (Wildman–Crippen LogP) is 20.6. The van der Waals surface area contributed by atoms with Crippen molar-refractivity contribution in [1.29, 1.82) is 5.26 Å². The lowest BCUT2D eigenvalue weighted by atomic mass is 9.88. The fourth-order valence-corrected chi connectivity index (χ4v) is 16.4. The Morgan fingerprint density at radius 1 is 0.382 bits per heavy atom. The molecule has 0 aliphatic heterocycles. The topological polar surface area (TPSA) is 51.1 Å². The molecule has 0 saturated heterocycles. The second-order valence-corrected chi connectivity index (χ2v) is 22.7. The van der Waals surface area contributed by atoms with Crippen molar-refractivity contribution in [3.8, 4) is 39.7 Å². The first-order valence-corrected chi connectivity index (χ1v) is 27.6. The van der Waals surface area contributed by atoms with Gasteiger partial charge in [0.15, 0.2) is 5.58 Å². The molecule has 76 heavy (non-hydrogen) atoms. The zero-order chi connectivity index (χ0) is 49.9. The van der Waals surface area contributed by atoms with E-state index in [1.54, 1.807) is 34.0 Å². The van der Waals surface area contributed by atoms with Crippen LogP contribution in [0.2, 0.25) is 0 Å². The van der Waals surface area contributed by atoms with E-state index >= 15 is 0 Å². The molecule has 0 fully saturated rings. The maximum atomic E-state index is 12.5. The average Bonchev–Trinajstić information content (AvgIpc) is 4.47. The van der Waals surface area contributed by atoms with Crippen molar-refractivity contribution in [2.75, 3.05) is 0 Å². The van der Waals surface area contributed by atoms with Crippen LogP contribution in [0.3, 0.4) is 0 Å². The molecule has 0 N–H and O–H groups in total. The molecule has 6 heterocycles. The molecule has 11 aromatic carbocycles. The number of aromatic nitrogens is 2. The molecule has 0 aliphatic rings. The number of para-hydroxylation sites is 1. The van der Waals surface area contributed by atoms with Gasteiger partial charge < -0.3 is 13.6 Å². The van der Waals surface area contributed by atoms with Crippen LogP contribution in [0.15, 0.2) is 211 Å². The molecule has 0 aliphatic carbocycles. The SMILES string of the molecule is [C-]#[N+]c1c(-c2ccccc2)c(C#N)c(-n2c3c(ccc4c5ccccc5oc43)c3ccc4c5ccccc5sc4c32)c(-n2c3c(ccc4c5ccccc5sc43)c3ccc4c5ccccc5sc4c32)c1-c1ccccc1. The number of nitriles is 1. The van der Waals surface area contributed by atoms with E-state index < -0.39 is 0 Å². The number of nitrogens with zero attached hydrogens (tertiary/aromatic N) is 4. The molecule has 17 aromatic rings. The Labute approximate surface area is 444 Å². The van der Waals surface area contributed by atoms with E-state index in [1.165, 1.54) is 30.3 Å². The molecule has 5 nitrogen and oxygen atoms in total. The number of rotatable bonds is 4. The third-order valence-corrected chi connectivity index (χ3v) is 19.4. The number of hydrogen-bond donors (Lipinski definition) is 0. The van der Waals surface area contributed by atoms with Gasteiger partial charge in [-0.3, -0.25) is 0 Å². The van der Waals surface area contributed by atoms with Gasteiger partial charge in [0, 0.05) is 89.9 Å². The molecule has 0 saturated carbocycles. The van der Waals surface area contributed by atoms with E-state index in [9.17, 15) is 11.8 Å². The molecular formula is C68H34N4OS3. The normalized spacial score (nSPS) is 12.2. The van der Waals surface area contributed by atoms with Crippen LogP contribution in [0.5, 0.6) is 0 Å². The lowest BCUT2D eigenvalue weighted by Gasteiger charge is -2.26. The van der Waals surface area contributed by atoms with Crippen LogP contribution in [0.4, 0.5) is 5.69 Å². The summed E-state index contributed by atoms with van der Waals surface area (Å²) in [6.45, 7) is 9.49. The standard InChI is InChI=1S/C68H34N4OS3/c1-70-58-56(37-16-4-2-5-17-37)51(36-69)59(71-60-43(28-32-47-39-20-8-12-24-52(39)73-65(47)60)44-29-33-48-40-21-9-13-25-53(40)74-66(48)61(44)71)64(57(58)38-18-6-3-7-19-38)72-62-45(30-34-49-41-22-10-14-26-54(41)75-67(49)62)46-31-35-50-42-23-11-15-27-55(42)76-68(50)63(46)72/h2-35H. The summed E-state index contributed by atoms with van der Waals surface area (Å²) in [7, 11) is 0. The van der Waals surface area contributed by atoms with Crippen LogP contribution in [0, 0.1) is 17.9 Å². The summed E-state index contributed by atoms with van der Waals surface area (Å²) < 4.78 is 19.0. The van der Waals surface area contributed by atoms with Crippen LogP contribution in [-0.2, 0) is 0 Å². The van der Waals surface area contributed by atoms with Gasteiger partial charge in [0.2, 0.25) is 5.69 Å². The van der Waals surface area contributed by atoms with Crippen LogP contribution in [0.1, 0.15) is 5.56 Å². The first-order valence-electron chi connectivity index (χ1n) is 25.2. The van der Waals surface area contributed by atoms with E-state index in [-0.39, 0.29) is 0 Å². The summed E-state index contributed by atoms with van der Waals surface area (Å²) >= 11 is 5.38. The quantitative estimate of drug-likeness (QED) is 0.165. The van der Waals surface area contributed by atoms with Crippen LogP contribution in [0.25, 0.3) is 165 Å². The summed E-state index contributed by atoms with van der Waals surface area (Å²) in [4.78, 5) is 4.63. The van der Waals surface area contributed by atoms with Crippen LogP contribution < -0.4 is 0 Å². The molecule has 17 rings (SSSR count). The lowest BCUT2D eigenvalue weighted by Crippen LogP contribution is -2.10. The average molecular weight is 1020 g/mol. The summed E-state index contributed by atoms with van der Waals surface area (Å²) in [5.41, 5.74) is 10.7. The minimum atomic E-state index is 0.402. The van der Waals surface area contributed by atoms with E-state index in [0.29, 0.717) is 22.5 Å². The molecule has 0 atom stereocenters. The Morgan fingerprint density at radius 3 is 1.26 bits per heavy atom. The predicted molar refractivity (Wildman–Crippen MR) is 323 cm³/mol. The number of thiophene rings is 3. The Hall–Kier alpha value is -9.54. The second-order valence-electron chi connectivity index (χ2n) is 19.5. The Morgan fingerprint density at radius 2 is 0.776 bits per heavy atom. The molecule has 0 amide bonds. The fourth-order valence-electron chi connectivity index (χ4n) is 12.7. The number of hydrogen-bond acceptors (Lipinski definition) is 5. The van der Waals surface area contributed by atoms with Gasteiger partial charge in [0.05, 0.1) is 59.7 Å². The summed E-state index contributed by atoms with van der Waals surface area (Å²) in [5.74, 6) is 0. The zero-order valence-corrected chi connectivity index (χ0v) is 42.5. The highest BCUT2D eigenvalue weighted by atomic mass is 32.1. The Bertz CT molecular complexity index is 5240. The van der Waals surface area contributed by atoms with Gasteiger partial charge in [-0.2, -0.15) is 5.26 Å². The minimum Gasteiger partial charge on any atom is -0.454 e. The van der Waals surface area contributed by atoms with Crippen LogP contribution >= 0.6 is 34.0 Å². The molecular weight excluding hydrogens is 985 g/mol. The highest BCUT2D eigenvalue weighted by molar-refractivity contribution is 7.27. The monoisotopic (exact) mass is 1020 g/mol. The highest BCUT2D eigenvalue weighted by Gasteiger charge is 2.34. The molecule has 0 bridgehead atoms. The first kappa shape index (κ1) is 41.9. The summed E-state index contributed by atoms with van der Waals surface area (Å²) in [6, 6.07) is 75.9. The van der Waals surface area contributed by atoms with E-state index in [1.807, 2.05) is 48.5 Å². The van der Waals surface area contributed by atoms with Gasteiger partial charge in [0.1, 0.15) is 11.7 Å². The van der Waals surface area contributed by atoms with Crippen molar-refractivity contribution in [3.05, 3.63) is 223 Å². The summed E-state index contributed by atoms with van der Waals surface area (Å²) in [6.07, 6.45) is 0. The summed E-state index contributed by atoms with van der Waals surface area (Å²) in [5, 5.41) is 25.8. The Kier molecular flexibility index (Phi) is 8.54. The molecule has 350 valence electrons. The smallest absolute Gasteiger partial charge is 0.206 e. The molecule has 0 unspecified atom stereocenters. The minimum absolute atomic E-state index is 0.402. The van der Waals surface area contributed by atoms with Gasteiger partial charge in [-0.1, -0.05) is 176 Å². The first-order chi connectivity index (χ1) is 37.7. The van der Waals surface area contributed by atoms with Crippen molar-refractivity contribution < 1.29 is 4.42 Å². The van der Waals surface area contributed by atoms with E-state index in [0.717, 1.165) is 118 Å². The zero-order valence-electron chi connectivity index (χ0n) is 40.1. The maximum Gasteiger partial charge on any atom is 0.206 e. The Balaban J connectivity index is 1.23. The van der Waals surface area contributed by atoms with Crippen molar-refractivity contribution in [2.24, 2.45) is 0 Å². The number of fused-ring (bicyclic) bond motifs is 22. The van der Waals surface area contributed by atoms with Crippen molar-refractivity contribution in [2.45, 2.75) is 0 Å². The van der Waals surface area contributed by atoms with E-state index in [4.69, 9.17) is 4.42 Å². The van der Waals surface area contributed by atoms with E-state index in [2.05, 4.69) is 178 Å². The van der Waals surface area contributed by atoms with Crippen molar-refractivity contribution in [1.82, 2.24) is 9.13 Å². The molecule has 6 aromatic heterocycles. The lowest BCUT2D eigenvalue weighted by molar-refractivity contribution is 0.671. The van der Waals surface area contributed by atoms with Crippen LogP contribution in [-0.4, -0.2) is 9.13 Å². The largest absolute Gasteiger partial charge is 0.454 e. The van der Waals surface area contributed by atoms with Crippen molar-refractivity contribution >= 4 is 166 Å². The number of furan rings is 1. The van der Waals surface area contributed by atoms with Gasteiger partial charge in [-0.25, -0.2) is 4.85 Å². The van der Waals surface area contributed by atoms with Gasteiger partial charge >= 0.3 is 0 Å². The molecule has 0 spiro atoms. The third-order valence-electron chi connectivity index (χ3n) is 15.8. The van der Waals surface area contributed by atoms with Gasteiger partial charge in [-0.15, -0.1) is 34.0 Å². The van der Waals surface area contributed by atoms with Crippen molar-refractivity contribution in [3.63, 3.8) is 0 Å². The fraction of sp³-hybridized carbons (Fsp3) is 0.